The normalized spacial score (nSPS) is 18.0. The predicted molar refractivity (Wildman–Crippen MR) is 88.0 cm³/mol. The summed E-state index contributed by atoms with van der Waals surface area (Å²) in [6.07, 6.45) is 2.14. The van der Waals surface area contributed by atoms with Crippen LogP contribution in [-0.2, 0) is 6.42 Å². The largest absolute Gasteiger partial charge is 0.310 e. The van der Waals surface area contributed by atoms with Crippen molar-refractivity contribution in [3.63, 3.8) is 0 Å². The summed E-state index contributed by atoms with van der Waals surface area (Å²) in [5.74, 6) is 0.379. The maximum absolute atomic E-state index is 13.8. The molecule has 1 aliphatic carbocycles. The summed E-state index contributed by atoms with van der Waals surface area (Å²) in [6.45, 7) is 2.97. The lowest BCUT2D eigenvalue weighted by Crippen LogP contribution is -2.27. The van der Waals surface area contributed by atoms with Crippen molar-refractivity contribution >= 4 is 15.9 Å². The SMILES string of the molecule is CCNC(CC1Cc2ccccc21)c1cccc(F)c1Br. The Labute approximate surface area is 133 Å². The van der Waals surface area contributed by atoms with Crippen molar-refractivity contribution in [1.82, 2.24) is 5.32 Å². The molecule has 1 N–H and O–H groups in total. The Hall–Kier alpha value is -1.19. The van der Waals surface area contributed by atoms with Crippen LogP contribution in [0.4, 0.5) is 4.39 Å². The number of nitrogens with one attached hydrogen (secondary N) is 1. The van der Waals surface area contributed by atoms with Crippen LogP contribution in [0, 0.1) is 5.82 Å². The molecule has 0 spiro atoms. The van der Waals surface area contributed by atoms with Crippen molar-refractivity contribution in [2.75, 3.05) is 6.54 Å². The summed E-state index contributed by atoms with van der Waals surface area (Å²) >= 11 is 3.40. The molecule has 0 saturated heterocycles. The van der Waals surface area contributed by atoms with E-state index in [0.717, 1.165) is 24.9 Å². The molecule has 0 saturated carbocycles. The molecule has 0 heterocycles. The van der Waals surface area contributed by atoms with Gasteiger partial charge in [0.2, 0.25) is 0 Å². The Kier molecular flexibility index (Phi) is 4.41. The quantitative estimate of drug-likeness (QED) is 0.805. The lowest BCUT2D eigenvalue weighted by Gasteiger charge is -2.33. The van der Waals surface area contributed by atoms with Gasteiger partial charge < -0.3 is 5.32 Å². The highest BCUT2D eigenvalue weighted by molar-refractivity contribution is 9.10. The van der Waals surface area contributed by atoms with E-state index in [-0.39, 0.29) is 11.9 Å². The van der Waals surface area contributed by atoms with Crippen molar-refractivity contribution in [1.29, 1.82) is 0 Å². The first kappa shape index (κ1) is 14.7. The van der Waals surface area contributed by atoms with Crippen LogP contribution < -0.4 is 5.32 Å². The Morgan fingerprint density at radius 1 is 1.24 bits per heavy atom. The summed E-state index contributed by atoms with van der Waals surface area (Å²) < 4.78 is 14.4. The van der Waals surface area contributed by atoms with Gasteiger partial charge in [-0.1, -0.05) is 43.3 Å². The summed E-state index contributed by atoms with van der Waals surface area (Å²) in [6, 6.07) is 14.1. The second-order valence-electron chi connectivity index (χ2n) is 5.59. The molecule has 1 aliphatic rings. The van der Waals surface area contributed by atoms with E-state index < -0.39 is 0 Å². The van der Waals surface area contributed by atoms with Crippen LogP contribution in [-0.4, -0.2) is 6.54 Å². The van der Waals surface area contributed by atoms with Crippen LogP contribution >= 0.6 is 15.9 Å². The minimum absolute atomic E-state index is 0.179. The molecular formula is C18H19BrFN. The van der Waals surface area contributed by atoms with Crippen molar-refractivity contribution in [3.8, 4) is 0 Å². The maximum Gasteiger partial charge on any atom is 0.137 e. The first-order valence-corrected chi connectivity index (χ1v) is 8.25. The van der Waals surface area contributed by atoms with Crippen molar-refractivity contribution in [2.45, 2.75) is 31.7 Å². The van der Waals surface area contributed by atoms with Gasteiger partial charge >= 0.3 is 0 Å². The molecule has 3 heteroatoms. The van der Waals surface area contributed by atoms with Crippen LogP contribution in [0.15, 0.2) is 46.9 Å². The molecule has 21 heavy (non-hydrogen) atoms. The zero-order valence-corrected chi connectivity index (χ0v) is 13.7. The third-order valence-electron chi connectivity index (χ3n) is 4.29. The highest BCUT2D eigenvalue weighted by Crippen LogP contribution is 2.41. The Morgan fingerprint density at radius 3 is 2.81 bits per heavy atom. The molecule has 2 aromatic carbocycles. The molecule has 1 nitrogen and oxygen atoms in total. The predicted octanol–water partition coefficient (Wildman–Crippen LogP) is 4.97. The molecule has 0 aromatic heterocycles. The van der Waals surface area contributed by atoms with Crippen LogP contribution in [0.2, 0.25) is 0 Å². The van der Waals surface area contributed by atoms with E-state index in [0.29, 0.717) is 10.4 Å². The molecule has 0 fully saturated rings. The topological polar surface area (TPSA) is 12.0 Å². The van der Waals surface area contributed by atoms with E-state index in [4.69, 9.17) is 0 Å². The first-order chi connectivity index (χ1) is 10.2. The molecular weight excluding hydrogens is 329 g/mol. The molecule has 0 amide bonds. The molecule has 110 valence electrons. The van der Waals surface area contributed by atoms with Gasteiger partial charge in [-0.3, -0.25) is 0 Å². The molecule has 2 unspecified atom stereocenters. The van der Waals surface area contributed by atoms with Gasteiger partial charge in [-0.15, -0.1) is 0 Å². The van der Waals surface area contributed by atoms with E-state index >= 15 is 0 Å². The van der Waals surface area contributed by atoms with Crippen molar-refractivity contribution in [2.24, 2.45) is 0 Å². The number of hydrogen-bond donors (Lipinski definition) is 1. The highest BCUT2D eigenvalue weighted by Gasteiger charge is 2.29. The molecule has 0 bridgehead atoms. The average molecular weight is 348 g/mol. The van der Waals surface area contributed by atoms with Gasteiger partial charge in [0.25, 0.3) is 0 Å². The van der Waals surface area contributed by atoms with E-state index in [1.807, 2.05) is 6.07 Å². The van der Waals surface area contributed by atoms with Gasteiger partial charge in [0, 0.05) is 6.04 Å². The van der Waals surface area contributed by atoms with E-state index in [2.05, 4.69) is 52.4 Å². The van der Waals surface area contributed by atoms with Gasteiger partial charge in [0.15, 0.2) is 0 Å². The third-order valence-corrected chi connectivity index (χ3v) is 5.13. The Bertz CT molecular complexity index is 641. The summed E-state index contributed by atoms with van der Waals surface area (Å²) in [5, 5.41) is 3.50. The molecule has 2 atom stereocenters. The number of fused-ring (bicyclic) bond motifs is 1. The van der Waals surface area contributed by atoms with E-state index in [9.17, 15) is 4.39 Å². The van der Waals surface area contributed by atoms with E-state index in [1.54, 1.807) is 6.07 Å². The second-order valence-corrected chi connectivity index (χ2v) is 6.38. The third kappa shape index (κ3) is 2.90. The Balaban J connectivity index is 1.82. The Morgan fingerprint density at radius 2 is 2.05 bits per heavy atom. The zero-order chi connectivity index (χ0) is 14.8. The molecule has 0 radical (unpaired) electrons. The van der Waals surface area contributed by atoms with Gasteiger partial charge in [-0.25, -0.2) is 4.39 Å². The molecule has 3 rings (SSSR count). The van der Waals surface area contributed by atoms with Crippen LogP contribution in [0.5, 0.6) is 0 Å². The minimum atomic E-state index is -0.190. The van der Waals surface area contributed by atoms with E-state index in [1.165, 1.54) is 17.2 Å². The fourth-order valence-corrected chi connectivity index (χ4v) is 3.75. The standard InChI is InChI=1S/C18H19BrFN/c1-2-21-17(15-8-5-9-16(20)18(15)19)11-13-10-12-6-3-4-7-14(12)13/h3-9,13,17,21H,2,10-11H2,1H3. The average Bonchev–Trinajstić information content (AvgIpc) is 2.47. The number of rotatable bonds is 5. The second kappa shape index (κ2) is 6.29. The lowest BCUT2D eigenvalue weighted by atomic mass is 9.74. The summed E-state index contributed by atoms with van der Waals surface area (Å²) in [7, 11) is 0. The zero-order valence-electron chi connectivity index (χ0n) is 12.1. The van der Waals surface area contributed by atoms with Gasteiger partial charge in [0.1, 0.15) is 5.82 Å². The first-order valence-electron chi connectivity index (χ1n) is 7.45. The van der Waals surface area contributed by atoms with Crippen LogP contribution in [0.3, 0.4) is 0 Å². The number of hydrogen-bond acceptors (Lipinski definition) is 1. The van der Waals surface area contributed by atoms with Crippen molar-refractivity contribution < 1.29 is 4.39 Å². The van der Waals surface area contributed by atoms with Gasteiger partial charge in [-0.05, 0) is 64.0 Å². The van der Waals surface area contributed by atoms with Crippen LogP contribution in [0.25, 0.3) is 0 Å². The smallest absolute Gasteiger partial charge is 0.137 e. The maximum atomic E-state index is 13.8. The molecule has 0 aliphatic heterocycles. The van der Waals surface area contributed by atoms with Gasteiger partial charge in [0.05, 0.1) is 4.47 Å². The summed E-state index contributed by atoms with van der Waals surface area (Å²) in [5.41, 5.74) is 3.92. The number of halogens is 2. The highest BCUT2D eigenvalue weighted by atomic mass is 79.9. The minimum Gasteiger partial charge on any atom is -0.310 e. The fourth-order valence-electron chi connectivity index (χ4n) is 3.21. The van der Waals surface area contributed by atoms with Crippen LogP contribution in [0.1, 0.15) is 42.0 Å². The fraction of sp³-hybridized carbons (Fsp3) is 0.333. The molecule has 2 aromatic rings. The van der Waals surface area contributed by atoms with Gasteiger partial charge in [-0.2, -0.15) is 0 Å². The summed E-state index contributed by atoms with van der Waals surface area (Å²) in [4.78, 5) is 0. The lowest BCUT2D eigenvalue weighted by molar-refractivity contribution is 0.433. The monoisotopic (exact) mass is 347 g/mol. The number of benzene rings is 2. The van der Waals surface area contributed by atoms with Crippen molar-refractivity contribution in [3.05, 3.63) is 69.4 Å².